The molecule has 0 saturated carbocycles. The highest BCUT2D eigenvalue weighted by molar-refractivity contribution is 7.11. The summed E-state index contributed by atoms with van der Waals surface area (Å²) in [5, 5.41) is 7.35. The van der Waals surface area contributed by atoms with Crippen molar-refractivity contribution in [3.05, 3.63) is 34.3 Å². The molecule has 0 fully saturated rings. The van der Waals surface area contributed by atoms with Crippen molar-refractivity contribution >= 4 is 17.3 Å². The van der Waals surface area contributed by atoms with E-state index in [0.29, 0.717) is 19.0 Å². The Balaban J connectivity index is 1.89. The number of alkyl halides is 2. The number of hydrogen-bond donors (Lipinski definition) is 2. The first kappa shape index (κ1) is 18.3. The van der Waals surface area contributed by atoms with E-state index in [0.717, 1.165) is 22.4 Å². The maximum absolute atomic E-state index is 12.8. The van der Waals surface area contributed by atoms with E-state index in [1.54, 1.807) is 11.3 Å². The molecular formula is C15H22F2N6S. The normalized spacial score (nSPS) is 12.0. The zero-order valence-electron chi connectivity index (χ0n) is 13.8. The van der Waals surface area contributed by atoms with Crippen LogP contribution in [0.25, 0.3) is 0 Å². The lowest BCUT2D eigenvalue weighted by atomic mass is 10.4. The largest absolute Gasteiger partial charge is 0.357 e. The van der Waals surface area contributed by atoms with Gasteiger partial charge in [0.25, 0.3) is 0 Å². The second-order valence-corrected chi connectivity index (χ2v) is 6.17. The fourth-order valence-corrected chi connectivity index (χ4v) is 2.91. The minimum atomic E-state index is -2.61. The lowest BCUT2D eigenvalue weighted by Gasteiger charge is -2.11. The summed E-state index contributed by atoms with van der Waals surface area (Å²) in [6.07, 6.45) is 6.30. The van der Waals surface area contributed by atoms with Crippen LogP contribution < -0.4 is 10.6 Å². The fourth-order valence-electron chi connectivity index (χ4n) is 2.05. The maximum atomic E-state index is 12.8. The molecule has 0 aliphatic heterocycles. The molecule has 2 N–H and O–H groups in total. The highest BCUT2D eigenvalue weighted by atomic mass is 32.1. The molecule has 2 rings (SSSR count). The van der Waals surface area contributed by atoms with Gasteiger partial charge in [0.2, 0.25) is 0 Å². The molecule has 2 heterocycles. The first-order valence-electron chi connectivity index (χ1n) is 7.89. The van der Waals surface area contributed by atoms with Gasteiger partial charge in [0.15, 0.2) is 5.96 Å². The van der Waals surface area contributed by atoms with E-state index in [9.17, 15) is 8.78 Å². The average Bonchev–Trinajstić information content (AvgIpc) is 3.21. The number of aryl methyl sites for hydroxylation is 1. The molecule has 0 aliphatic rings. The topological polar surface area (TPSA) is 67.1 Å². The van der Waals surface area contributed by atoms with Gasteiger partial charge in [-0.3, -0.25) is 4.57 Å². The monoisotopic (exact) mass is 356 g/mol. The number of aromatic nitrogens is 3. The van der Waals surface area contributed by atoms with Crippen LogP contribution in [0.4, 0.5) is 8.78 Å². The van der Waals surface area contributed by atoms with Crippen molar-refractivity contribution in [2.45, 2.75) is 39.8 Å². The molecule has 24 heavy (non-hydrogen) atoms. The van der Waals surface area contributed by atoms with Crippen molar-refractivity contribution in [1.29, 1.82) is 0 Å². The van der Waals surface area contributed by atoms with Crippen LogP contribution in [0.3, 0.4) is 0 Å². The first-order valence-corrected chi connectivity index (χ1v) is 8.71. The third-order valence-corrected chi connectivity index (χ3v) is 4.46. The standard InChI is InChI=1S/C15H22F2N6S/c1-3-11-9-21-13(24-11)5-6-20-15(18-4-2)22-10-12-19-7-8-23(12)14(16)17/h7-9,14H,3-6,10H2,1-2H3,(H2,18,20,22). The molecule has 0 spiro atoms. The van der Waals surface area contributed by atoms with Gasteiger partial charge in [-0.2, -0.15) is 8.78 Å². The van der Waals surface area contributed by atoms with Crippen LogP contribution in [-0.2, 0) is 19.4 Å². The summed E-state index contributed by atoms with van der Waals surface area (Å²) >= 11 is 1.71. The van der Waals surface area contributed by atoms with Crippen LogP contribution in [0.15, 0.2) is 23.6 Å². The second-order valence-electron chi connectivity index (χ2n) is 4.97. The molecule has 2 aromatic rings. The van der Waals surface area contributed by atoms with Gasteiger partial charge in [-0.25, -0.2) is 15.0 Å². The van der Waals surface area contributed by atoms with E-state index in [4.69, 9.17) is 0 Å². The highest BCUT2D eigenvalue weighted by Crippen LogP contribution is 2.14. The number of thiazole rings is 1. The van der Waals surface area contributed by atoms with Gasteiger partial charge in [0.05, 0.1) is 5.01 Å². The molecule has 0 aliphatic carbocycles. The van der Waals surface area contributed by atoms with Crippen molar-refractivity contribution in [3.63, 3.8) is 0 Å². The summed E-state index contributed by atoms with van der Waals surface area (Å²) in [4.78, 5) is 13.9. The Morgan fingerprint density at radius 1 is 1.33 bits per heavy atom. The summed E-state index contributed by atoms with van der Waals surface area (Å²) in [7, 11) is 0. The van der Waals surface area contributed by atoms with E-state index < -0.39 is 6.55 Å². The molecule has 0 atom stereocenters. The van der Waals surface area contributed by atoms with E-state index in [1.165, 1.54) is 17.3 Å². The van der Waals surface area contributed by atoms with Crippen LogP contribution >= 0.6 is 11.3 Å². The third kappa shape index (κ3) is 5.26. The van der Waals surface area contributed by atoms with Gasteiger partial charge in [-0.15, -0.1) is 11.3 Å². The zero-order chi connectivity index (χ0) is 17.4. The van der Waals surface area contributed by atoms with Crippen molar-refractivity contribution in [2.24, 2.45) is 4.99 Å². The minimum Gasteiger partial charge on any atom is -0.357 e. The Hall–Kier alpha value is -2.03. The lowest BCUT2D eigenvalue weighted by molar-refractivity contribution is 0.0671. The quantitative estimate of drug-likeness (QED) is 0.564. The van der Waals surface area contributed by atoms with Crippen molar-refractivity contribution in [1.82, 2.24) is 25.2 Å². The lowest BCUT2D eigenvalue weighted by Crippen LogP contribution is -2.38. The smallest absolute Gasteiger partial charge is 0.319 e. The number of nitrogens with zero attached hydrogens (tertiary/aromatic N) is 4. The van der Waals surface area contributed by atoms with Crippen molar-refractivity contribution in [2.75, 3.05) is 13.1 Å². The highest BCUT2D eigenvalue weighted by Gasteiger charge is 2.11. The molecule has 132 valence electrons. The van der Waals surface area contributed by atoms with Gasteiger partial charge in [-0.05, 0) is 13.3 Å². The Labute approximate surface area is 144 Å². The number of halogens is 2. The summed E-state index contributed by atoms with van der Waals surface area (Å²) in [5.74, 6) is 0.809. The molecule has 0 bridgehead atoms. The Kier molecular flexibility index (Phi) is 7.10. The molecule has 0 amide bonds. The van der Waals surface area contributed by atoms with Crippen molar-refractivity contribution < 1.29 is 8.78 Å². The molecule has 9 heteroatoms. The van der Waals surface area contributed by atoms with Crippen molar-refractivity contribution in [3.8, 4) is 0 Å². The third-order valence-electron chi connectivity index (χ3n) is 3.26. The van der Waals surface area contributed by atoms with E-state index in [1.807, 2.05) is 13.1 Å². The van der Waals surface area contributed by atoms with Gasteiger partial charge in [-0.1, -0.05) is 6.92 Å². The summed E-state index contributed by atoms with van der Waals surface area (Å²) in [6.45, 7) is 2.90. The molecular weight excluding hydrogens is 334 g/mol. The fraction of sp³-hybridized carbons (Fsp3) is 0.533. The van der Waals surface area contributed by atoms with Crippen LogP contribution in [0.5, 0.6) is 0 Å². The molecule has 0 radical (unpaired) electrons. The number of aliphatic imine (C=N–C) groups is 1. The van der Waals surface area contributed by atoms with Gasteiger partial charge >= 0.3 is 6.55 Å². The Bertz CT molecular complexity index is 652. The van der Waals surface area contributed by atoms with Crippen LogP contribution in [-0.4, -0.2) is 33.6 Å². The second kappa shape index (κ2) is 9.31. The Morgan fingerprint density at radius 2 is 2.17 bits per heavy atom. The Morgan fingerprint density at radius 3 is 2.83 bits per heavy atom. The maximum Gasteiger partial charge on any atom is 0.319 e. The molecule has 0 saturated heterocycles. The van der Waals surface area contributed by atoms with Gasteiger partial charge in [0.1, 0.15) is 12.4 Å². The van der Waals surface area contributed by atoms with Gasteiger partial charge < -0.3 is 10.6 Å². The number of guanidine groups is 1. The van der Waals surface area contributed by atoms with Crippen LogP contribution in [0.2, 0.25) is 0 Å². The molecule has 0 aromatic carbocycles. The molecule has 6 nitrogen and oxygen atoms in total. The van der Waals surface area contributed by atoms with Crippen LogP contribution in [0.1, 0.15) is 36.1 Å². The number of imidazole rings is 1. The average molecular weight is 356 g/mol. The van der Waals surface area contributed by atoms with Gasteiger partial charge in [0, 0.05) is 43.0 Å². The zero-order valence-corrected chi connectivity index (χ0v) is 14.6. The van der Waals surface area contributed by atoms with E-state index in [-0.39, 0.29) is 12.4 Å². The summed E-state index contributed by atoms with van der Waals surface area (Å²) in [5.41, 5.74) is 0. The minimum absolute atomic E-state index is 0.0872. The SMILES string of the molecule is CCNC(=NCc1nccn1C(F)F)NCCc1ncc(CC)s1. The van der Waals surface area contributed by atoms with Crippen LogP contribution in [0, 0.1) is 0 Å². The predicted molar refractivity (Wildman–Crippen MR) is 91.5 cm³/mol. The number of hydrogen-bond acceptors (Lipinski definition) is 4. The summed E-state index contributed by atoms with van der Waals surface area (Å²) in [6, 6.07) is 0. The first-order chi connectivity index (χ1) is 11.6. The molecule has 0 unspecified atom stereocenters. The summed E-state index contributed by atoms with van der Waals surface area (Å²) < 4.78 is 26.4. The predicted octanol–water partition coefficient (Wildman–Crippen LogP) is 2.59. The number of nitrogens with one attached hydrogen (secondary N) is 2. The van der Waals surface area contributed by atoms with E-state index in [2.05, 4.69) is 32.5 Å². The number of rotatable bonds is 8. The molecule has 2 aromatic heterocycles. The van der Waals surface area contributed by atoms with E-state index >= 15 is 0 Å².